The summed E-state index contributed by atoms with van der Waals surface area (Å²) in [6.07, 6.45) is 11.6. The van der Waals surface area contributed by atoms with Crippen molar-refractivity contribution >= 4 is 120 Å². The van der Waals surface area contributed by atoms with Crippen LogP contribution in [-0.2, 0) is 0 Å². The Morgan fingerprint density at radius 3 is 1.03 bits per heavy atom. The minimum atomic E-state index is 0.824. The molecule has 17 rings (SSSR count). The van der Waals surface area contributed by atoms with E-state index >= 15 is 0 Å². The monoisotopic (exact) mass is 914 g/mol. The Morgan fingerprint density at radius 1 is 0.264 bits per heavy atom. The molecule has 0 aliphatic heterocycles. The molecule has 330 valence electrons. The average molecular weight is 915 g/mol. The molecular weight excluding hydrogens is 881 g/mol. The molecule has 0 fully saturated rings. The lowest BCUT2D eigenvalue weighted by Crippen LogP contribution is -1.96. The number of aromatic nitrogens is 8. The maximum atomic E-state index is 5.92. The zero-order valence-corrected chi connectivity index (χ0v) is 38.2. The molecule has 72 heavy (non-hydrogen) atoms. The summed E-state index contributed by atoms with van der Waals surface area (Å²) in [6, 6.07) is 60.8. The van der Waals surface area contributed by atoms with Gasteiger partial charge in [0.2, 0.25) is 0 Å². The van der Waals surface area contributed by atoms with Crippen molar-refractivity contribution in [3.63, 3.8) is 0 Å². The standard InChI is InChI=1S/C64H34N8/c1-5-13-35(14-6-1)39-25-45-47-29-41(37-17-9-3-10-18-37)31-67-63(47)71-59(45)49(27-39)53-57-58(70-56-44-22-24-66-34-52(44)51-33-65-23-21-43(51)55(56)69-57)54-50-28-40(36-15-7-2-8-16-36)26-46-48-30-42(38-19-11-4-12-20-38)32-68-64(48)72(60(46)50)62(54)61(53)71/h1-34H. The summed E-state index contributed by atoms with van der Waals surface area (Å²) >= 11 is 0. The summed E-state index contributed by atoms with van der Waals surface area (Å²) in [5, 5.41) is 12.6. The number of hydrogen-bond donors (Lipinski definition) is 0. The highest BCUT2D eigenvalue weighted by atomic mass is 15.0. The first kappa shape index (κ1) is 38.0. The minimum Gasteiger partial charge on any atom is -0.290 e. The van der Waals surface area contributed by atoms with Crippen molar-refractivity contribution in [2.75, 3.05) is 0 Å². The zero-order valence-electron chi connectivity index (χ0n) is 38.2. The van der Waals surface area contributed by atoms with Gasteiger partial charge in [0.25, 0.3) is 0 Å². The molecule has 0 amide bonds. The Hall–Kier alpha value is -9.92. The number of pyridine rings is 4. The number of benzene rings is 8. The van der Waals surface area contributed by atoms with Crippen LogP contribution in [0.15, 0.2) is 207 Å². The normalized spacial score (nSPS) is 12.4. The Balaban J connectivity index is 1.16. The van der Waals surface area contributed by atoms with Gasteiger partial charge in [-0.25, -0.2) is 19.9 Å². The maximum absolute atomic E-state index is 5.92. The topological polar surface area (TPSA) is 86.2 Å². The molecule has 0 atom stereocenters. The number of fused-ring (bicyclic) bond motifs is 22. The van der Waals surface area contributed by atoms with E-state index in [9.17, 15) is 0 Å². The van der Waals surface area contributed by atoms with Gasteiger partial charge >= 0.3 is 0 Å². The van der Waals surface area contributed by atoms with Crippen LogP contribution in [0.5, 0.6) is 0 Å². The molecule has 0 aliphatic rings. The van der Waals surface area contributed by atoms with Gasteiger partial charge in [-0.15, -0.1) is 0 Å². The van der Waals surface area contributed by atoms with Gasteiger partial charge in [-0.05, 0) is 81.9 Å². The van der Waals surface area contributed by atoms with Crippen molar-refractivity contribution in [1.29, 1.82) is 0 Å². The molecule has 0 saturated carbocycles. The van der Waals surface area contributed by atoms with Crippen LogP contribution in [0.4, 0.5) is 0 Å². The summed E-state index contributed by atoms with van der Waals surface area (Å²) in [7, 11) is 0. The van der Waals surface area contributed by atoms with Gasteiger partial charge in [0.15, 0.2) is 0 Å². The van der Waals surface area contributed by atoms with Crippen LogP contribution in [0, 0.1) is 0 Å². The Kier molecular flexibility index (Phi) is 7.32. The summed E-state index contributed by atoms with van der Waals surface area (Å²) in [5.41, 5.74) is 18.2. The first-order chi connectivity index (χ1) is 35.7. The van der Waals surface area contributed by atoms with E-state index in [1.807, 2.05) is 37.2 Å². The van der Waals surface area contributed by atoms with E-state index in [1.165, 1.54) is 0 Å². The second-order valence-electron chi connectivity index (χ2n) is 19.1. The van der Waals surface area contributed by atoms with Gasteiger partial charge in [-0.3, -0.25) is 18.8 Å². The summed E-state index contributed by atoms with van der Waals surface area (Å²) in [5.74, 6) is 0. The summed E-state index contributed by atoms with van der Waals surface area (Å²) in [4.78, 5) is 32.0. The van der Waals surface area contributed by atoms with Crippen molar-refractivity contribution in [1.82, 2.24) is 38.7 Å². The lowest BCUT2D eigenvalue weighted by Gasteiger charge is -2.12. The van der Waals surface area contributed by atoms with Crippen molar-refractivity contribution in [2.45, 2.75) is 0 Å². The van der Waals surface area contributed by atoms with E-state index in [4.69, 9.17) is 19.9 Å². The molecule has 8 heteroatoms. The van der Waals surface area contributed by atoms with E-state index in [2.05, 4.69) is 189 Å². The third-order valence-corrected chi connectivity index (χ3v) is 15.3. The summed E-state index contributed by atoms with van der Waals surface area (Å²) < 4.78 is 4.86. The molecule has 0 aliphatic carbocycles. The first-order valence-corrected chi connectivity index (χ1v) is 24.2. The van der Waals surface area contributed by atoms with Gasteiger partial charge in [-0.2, -0.15) is 0 Å². The second kappa shape index (κ2) is 13.9. The van der Waals surface area contributed by atoms with Gasteiger partial charge in [0.05, 0.1) is 33.1 Å². The van der Waals surface area contributed by atoms with Crippen molar-refractivity contribution in [3.05, 3.63) is 207 Å². The SMILES string of the molecule is c1ccc(-c2cnc3c(c2)c2cc(-c4ccccc4)cc4c5c6nc7c8ccncc8c8cnccc8c7nc6c6c7cc(-c8ccccc8)cc8c9cc(-c%10ccccc%10)cnc9n(c87)c6c5n3c24)cc1. The Labute approximate surface area is 408 Å². The van der Waals surface area contributed by atoms with Gasteiger partial charge in [0, 0.05) is 113 Å². The third-order valence-electron chi connectivity index (χ3n) is 15.3. The van der Waals surface area contributed by atoms with Gasteiger partial charge in [0.1, 0.15) is 22.3 Å². The highest BCUT2D eigenvalue weighted by molar-refractivity contribution is 6.41. The lowest BCUT2D eigenvalue weighted by atomic mass is 9.96. The highest BCUT2D eigenvalue weighted by Gasteiger charge is 2.31. The predicted molar refractivity (Wildman–Crippen MR) is 294 cm³/mol. The van der Waals surface area contributed by atoms with Crippen LogP contribution >= 0.6 is 0 Å². The molecule has 0 radical (unpaired) electrons. The van der Waals surface area contributed by atoms with Crippen molar-refractivity contribution in [2.24, 2.45) is 0 Å². The average Bonchev–Trinajstić information content (AvgIpc) is 4.20. The molecule has 9 aromatic heterocycles. The molecule has 9 heterocycles. The van der Waals surface area contributed by atoms with Crippen LogP contribution in [0.2, 0.25) is 0 Å². The smallest absolute Gasteiger partial charge is 0.145 e. The molecule has 8 nitrogen and oxygen atoms in total. The minimum absolute atomic E-state index is 0.824. The van der Waals surface area contributed by atoms with Crippen LogP contribution in [0.25, 0.3) is 165 Å². The van der Waals surface area contributed by atoms with Gasteiger partial charge < -0.3 is 0 Å². The fourth-order valence-electron chi connectivity index (χ4n) is 12.2. The molecule has 17 aromatic rings. The van der Waals surface area contributed by atoms with Crippen LogP contribution in [-0.4, -0.2) is 38.7 Å². The van der Waals surface area contributed by atoms with E-state index < -0.39 is 0 Å². The molecule has 0 unspecified atom stereocenters. The number of hydrogen-bond acceptors (Lipinski definition) is 6. The first-order valence-electron chi connectivity index (χ1n) is 24.2. The third kappa shape index (κ3) is 4.94. The Morgan fingerprint density at radius 2 is 0.625 bits per heavy atom. The fourth-order valence-corrected chi connectivity index (χ4v) is 12.2. The fraction of sp³-hybridized carbons (Fsp3) is 0. The molecule has 0 N–H and O–H groups in total. The van der Waals surface area contributed by atoms with Gasteiger partial charge in [-0.1, -0.05) is 121 Å². The quantitative estimate of drug-likeness (QED) is 0.129. The van der Waals surface area contributed by atoms with Crippen molar-refractivity contribution in [3.8, 4) is 44.5 Å². The van der Waals surface area contributed by atoms with E-state index in [0.717, 1.165) is 165 Å². The number of nitrogens with zero attached hydrogens (tertiary/aromatic N) is 8. The zero-order chi connectivity index (χ0) is 46.8. The van der Waals surface area contributed by atoms with Crippen LogP contribution in [0.3, 0.4) is 0 Å². The van der Waals surface area contributed by atoms with E-state index in [0.29, 0.717) is 0 Å². The largest absolute Gasteiger partial charge is 0.290 e. The highest BCUT2D eigenvalue weighted by Crippen LogP contribution is 2.51. The molecule has 0 saturated heterocycles. The summed E-state index contributed by atoms with van der Waals surface area (Å²) in [6.45, 7) is 0. The van der Waals surface area contributed by atoms with Crippen LogP contribution < -0.4 is 0 Å². The molecular formula is C64H34N8. The number of rotatable bonds is 4. The van der Waals surface area contributed by atoms with E-state index in [-0.39, 0.29) is 0 Å². The molecule has 0 spiro atoms. The lowest BCUT2D eigenvalue weighted by molar-refractivity contribution is 1.24. The second-order valence-corrected chi connectivity index (χ2v) is 19.1. The van der Waals surface area contributed by atoms with Crippen molar-refractivity contribution < 1.29 is 0 Å². The molecule has 0 bridgehead atoms. The van der Waals surface area contributed by atoms with E-state index in [1.54, 1.807) is 0 Å². The predicted octanol–water partition coefficient (Wildman–Crippen LogP) is 15.6. The molecule has 8 aromatic carbocycles. The Bertz CT molecular complexity index is 4800. The van der Waals surface area contributed by atoms with Crippen LogP contribution in [0.1, 0.15) is 0 Å². The maximum Gasteiger partial charge on any atom is 0.145 e.